The zero-order chi connectivity index (χ0) is 20.4. The number of aliphatic carboxylic acids is 1. The van der Waals surface area contributed by atoms with E-state index in [-0.39, 0.29) is 32.8 Å². The number of fused-ring (bicyclic) bond motifs is 1. The topological polar surface area (TPSA) is 129 Å². The zero-order valence-corrected chi connectivity index (χ0v) is 16.2. The summed E-state index contributed by atoms with van der Waals surface area (Å²) in [5.74, 6) is -1.26. The summed E-state index contributed by atoms with van der Waals surface area (Å²) in [6.07, 6.45) is 1.73. The van der Waals surface area contributed by atoms with Crippen LogP contribution in [0.1, 0.15) is 41.1 Å². The van der Waals surface area contributed by atoms with Crippen molar-refractivity contribution in [3.05, 3.63) is 46.5 Å². The van der Waals surface area contributed by atoms with Gasteiger partial charge in [-0.05, 0) is 18.4 Å². The van der Waals surface area contributed by atoms with Crippen molar-refractivity contribution in [1.82, 2.24) is 0 Å². The van der Waals surface area contributed by atoms with E-state index in [0.29, 0.717) is 23.0 Å². The number of nitriles is 1. The molecule has 8 heteroatoms. The molecule has 0 saturated heterocycles. The summed E-state index contributed by atoms with van der Waals surface area (Å²) < 4.78 is 5.42. The molecule has 0 radical (unpaired) electrons. The van der Waals surface area contributed by atoms with E-state index in [2.05, 4.69) is 5.32 Å². The largest absolute Gasteiger partial charge is 0.480 e. The summed E-state index contributed by atoms with van der Waals surface area (Å²) in [6, 6.07) is 8.20. The number of carboxylic acid groups (broad SMARTS) is 1. The number of nitrogens with two attached hydrogens (primary N) is 1. The molecule has 0 bridgehead atoms. The maximum atomic E-state index is 13.0. The molecule has 1 aromatic carbocycles. The summed E-state index contributed by atoms with van der Waals surface area (Å²) in [4.78, 5) is 24.8. The number of carboxylic acids is 1. The molecular formula is C20H19N3O4S. The quantitative estimate of drug-likeness (QED) is 0.512. The average Bonchev–Trinajstić information content (AvgIpc) is 3.21. The molecule has 7 nitrogen and oxygen atoms in total. The minimum atomic E-state index is -1.03. The Labute approximate surface area is 165 Å². The van der Waals surface area contributed by atoms with Crippen molar-refractivity contribution < 1.29 is 19.1 Å². The highest BCUT2D eigenvalue weighted by molar-refractivity contribution is 7.19. The summed E-state index contributed by atoms with van der Waals surface area (Å²) >= 11 is 0.985. The molecule has 3 rings (SSSR count). The van der Waals surface area contributed by atoms with Crippen molar-refractivity contribution in [2.24, 2.45) is 5.92 Å². The van der Waals surface area contributed by atoms with E-state index in [1.165, 1.54) is 6.26 Å². The van der Waals surface area contributed by atoms with Crippen LogP contribution in [0, 0.1) is 17.2 Å². The Kier molecular flexibility index (Phi) is 5.38. The Morgan fingerprint density at radius 3 is 2.71 bits per heavy atom. The van der Waals surface area contributed by atoms with Crippen LogP contribution in [-0.4, -0.2) is 22.9 Å². The fourth-order valence-electron chi connectivity index (χ4n) is 2.95. The second-order valence-corrected chi connectivity index (χ2v) is 7.82. The van der Waals surface area contributed by atoms with E-state index in [0.717, 1.165) is 11.3 Å². The number of carbonyl (C=O) groups is 2. The molecule has 144 valence electrons. The maximum Gasteiger partial charge on any atom is 0.326 e. The fraction of sp³-hybridized carbons (Fsp3) is 0.250. The van der Waals surface area contributed by atoms with Gasteiger partial charge in [0, 0.05) is 5.39 Å². The highest BCUT2D eigenvalue weighted by Gasteiger charge is 2.27. The number of nitrogen functional groups attached to an aromatic ring is 1. The van der Waals surface area contributed by atoms with Crippen molar-refractivity contribution in [2.75, 3.05) is 11.1 Å². The number of furan rings is 1. The van der Waals surface area contributed by atoms with E-state index >= 15 is 0 Å². The standard InChI is InChI=1S/C20H19N3O4S/c1-10(2)7-14(20(25)26)23-19-12(8-21)16(22)18(28-19)17(24)13-9-27-15-6-4-3-5-11(13)15/h3-6,9-10,14,23H,7,22H2,1-2H3,(H,25,26). The lowest BCUT2D eigenvalue weighted by atomic mass is 10.0. The van der Waals surface area contributed by atoms with Crippen molar-refractivity contribution in [3.8, 4) is 6.07 Å². The average molecular weight is 397 g/mol. The molecule has 0 aliphatic heterocycles. The van der Waals surface area contributed by atoms with Gasteiger partial charge in [-0.3, -0.25) is 4.79 Å². The van der Waals surface area contributed by atoms with Crippen LogP contribution >= 0.6 is 11.3 Å². The predicted octanol–water partition coefficient (Wildman–Crippen LogP) is 4.09. The number of thiophene rings is 1. The first-order valence-corrected chi connectivity index (χ1v) is 9.47. The smallest absolute Gasteiger partial charge is 0.326 e. The molecule has 2 aromatic heterocycles. The molecule has 0 saturated carbocycles. The SMILES string of the molecule is CC(C)CC(Nc1sc(C(=O)c2coc3ccccc23)c(N)c1C#N)C(=O)O. The van der Waals surface area contributed by atoms with Gasteiger partial charge in [0.25, 0.3) is 0 Å². The lowest BCUT2D eigenvalue weighted by Gasteiger charge is -2.16. The van der Waals surface area contributed by atoms with Gasteiger partial charge in [-0.25, -0.2) is 4.79 Å². The van der Waals surface area contributed by atoms with E-state index in [4.69, 9.17) is 10.2 Å². The Morgan fingerprint density at radius 2 is 2.07 bits per heavy atom. The third-order valence-corrected chi connectivity index (χ3v) is 5.43. The van der Waals surface area contributed by atoms with Crippen molar-refractivity contribution >= 4 is 44.7 Å². The number of ketones is 1. The first-order chi connectivity index (χ1) is 13.3. The normalized spacial score (nSPS) is 12.1. The van der Waals surface area contributed by atoms with Crippen LogP contribution < -0.4 is 11.1 Å². The summed E-state index contributed by atoms with van der Waals surface area (Å²) in [6.45, 7) is 3.81. The summed E-state index contributed by atoms with van der Waals surface area (Å²) in [5, 5.41) is 22.7. The number of carbonyl (C=O) groups excluding carboxylic acids is 1. The molecule has 0 fully saturated rings. The van der Waals surface area contributed by atoms with Gasteiger partial charge in [0.2, 0.25) is 5.78 Å². The number of hydrogen-bond donors (Lipinski definition) is 3. The number of hydrogen-bond acceptors (Lipinski definition) is 7. The van der Waals surface area contributed by atoms with Gasteiger partial charge in [-0.15, -0.1) is 11.3 Å². The number of anilines is 2. The lowest BCUT2D eigenvalue weighted by molar-refractivity contribution is -0.138. The molecule has 2 heterocycles. The third kappa shape index (κ3) is 3.57. The number of para-hydroxylation sites is 1. The molecule has 0 aliphatic carbocycles. The molecule has 0 aliphatic rings. The van der Waals surface area contributed by atoms with Gasteiger partial charge in [-0.1, -0.05) is 32.0 Å². The van der Waals surface area contributed by atoms with Crippen molar-refractivity contribution in [2.45, 2.75) is 26.3 Å². The van der Waals surface area contributed by atoms with Crippen LogP contribution in [0.5, 0.6) is 0 Å². The first kappa shape index (κ1) is 19.5. The zero-order valence-electron chi connectivity index (χ0n) is 15.4. The molecular weight excluding hydrogens is 378 g/mol. The second-order valence-electron chi connectivity index (χ2n) is 6.80. The van der Waals surface area contributed by atoms with Crippen LogP contribution in [0.15, 0.2) is 34.9 Å². The van der Waals surface area contributed by atoms with Gasteiger partial charge in [-0.2, -0.15) is 5.26 Å². The minimum Gasteiger partial charge on any atom is -0.480 e. The Hall–Kier alpha value is -3.31. The monoisotopic (exact) mass is 397 g/mol. The number of nitrogens with one attached hydrogen (secondary N) is 1. The van der Waals surface area contributed by atoms with E-state index in [1.54, 1.807) is 24.3 Å². The third-order valence-electron chi connectivity index (χ3n) is 4.30. The van der Waals surface area contributed by atoms with E-state index in [1.807, 2.05) is 19.9 Å². The molecule has 4 N–H and O–H groups in total. The van der Waals surface area contributed by atoms with Crippen LogP contribution in [-0.2, 0) is 4.79 Å². The number of rotatable bonds is 7. The predicted molar refractivity (Wildman–Crippen MR) is 108 cm³/mol. The Morgan fingerprint density at radius 1 is 1.36 bits per heavy atom. The molecule has 0 spiro atoms. The number of nitrogens with zero attached hydrogens (tertiary/aromatic N) is 1. The maximum absolute atomic E-state index is 13.0. The van der Waals surface area contributed by atoms with Crippen molar-refractivity contribution in [1.29, 1.82) is 5.26 Å². The molecule has 0 amide bonds. The van der Waals surface area contributed by atoms with E-state index in [9.17, 15) is 20.0 Å². The highest BCUT2D eigenvalue weighted by atomic mass is 32.1. The van der Waals surface area contributed by atoms with Gasteiger partial charge in [0.15, 0.2) is 0 Å². The Balaban J connectivity index is 2.00. The van der Waals surface area contributed by atoms with Crippen LogP contribution in [0.25, 0.3) is 11.0 Å². The lowest BCUT2D eigenvalue weighted by Crippen LogP contribution is -2.30. The van der Waals surface area contributed by atoms with Gasteiger partial charge < -0.3 is 20.6 Å². The number of benzene rings is 1. The summed E-state index contributed by atoms with van der Waals surface area (Å²) in [7, 11) is 0. The van der Waals surface area contributed by atoms with Gasteiger partial charge in [0.1, 0.15) is 39.4 Å². The van der Waals surface area contributed by atoms with E-state index < -0.39 is 12.0 Å². The Bertz CT molecular complexity index is 1090. The molecule has 28 heavy (non-hydrogen) atoms. The second kappa shape index (κ2) is 7.74. The molecule has 3 aromatic rings. The van der Waals surface area contributed by atoms with Gasteiger partial charge in [0.05, 0.1) is 11.3 Å². The van der Waals surface area contributed by atoms with Crippen molar-refractivity contribution in [3.63, 3.8) is 0 Å². The first-order valence-electron chi connectivity index (χ1n) is 8.66. The highest BCUT2D eigenvalue weighted by Crippen LogP contribution is 2.38. The summed E-state index contributed by atoms with van der Waals surface area (Å²) in [5.41, 5.74) is 7.10. The molecule has 1 unspecified atom stereocenters. The fourth-order valence-corrected chi connectivity index (χ4v) is 4.03. The minimum absolute atomic E-state index is 0.0407. The molecule has 1 atom stereocenters. The van der Waals surface area contributed by atoms with Gasteiger partial charge >= 0.3 is 5.97 Å². The van der Waals surface area contributed by atoms with Crippen LogP contribution in [0.4, 0.5) is 10.7 Å². The van der Waals surface area contributed by atoms with Crippen LogP contribution in [0.2, 0.25) is 0 Å². The van der Waals surface area contributed by atoms with Crippen LogP contribution in [0.3, 0.4) is 0 Å².